The molecule has 0 aliphatic carbocycles. The number of rotatable bonds is 4. The molecule has 0 atom stereocenters. The second kappa shape index (κ2) is 6.26. The number of fused-ring (bicyclic) bond motifs is 3. The maximum absolute atomic E-state index is 12.3. The van der Waals surface area contributed by atoms with Crippen LogP contribution in [0.2, 0.25) is 0 Å². The van der Waals surface area contributed by atoms with Gasteiger partial charge in [-0.1, -0.05) is 12.1 Å². The number of anilines is 3. The van der Waals surface area contributed by atoms with Gasteiger partial charge in [0.2, 0.25) is 0 Å². The summed E-state index contributed by atoms with van der Waals surface area (Å²) in [6.07, 6.45) is 2.60. The number of pyridine rings is 1. The fraction of sp³-hybridized carbons (Fsp3) is 0.211. The maximum Gasteiger partial charge on any atom is 0.179 e. The Bertz CT molecular complexity index is 1110. The summed E-state index contributed by atoms with van der Waals surface area (Å²) >= 11 is 0. The molecule has 0 saturated carbocycles. The minimum atomic E-state index is -3.24. The molecule has 7 heteroatoms. The van der Waals surface area contributed by atoms with Crippen molar-refractivity contribution in [3.63, 3.8) is 0 Å². The number of nitrogens with two attached hydrogens (primary N) is 1. The van der Waals surface area contributed by atoms with Gasteiger partial charge in [0.15, 0.2) is 9.84 Å². The molecule has 0 fully saturated rings. The average molecular weight is 369 g/mol. The van der Waals surface area contributed by atoms with Gasteiger partial charge in [0.25, 0.3) is 0 Å². The third kappa shape index (κ3) is 2.79. The number of nitrogen functional groups attached to an aromatic ring is 1. The van der Waals surface area contributed by atoms with Gasteiger partial charge in [-0.15, -0.1) is 0 Å². The van der Waals surface area contributed by atoms with Gasteiger partial charge in [0.05, 0.1) is 33.7 Å². The SMILES string of the molecule is Nc1cnc2ccc3c(c2c1Nc1cccc(CCO)c1)CCS3(=O)=O. The minimum Gasteiger partial charge on any atom is -0.396 e. The summed E-state index contributed by atoms with van der Waals surface area (Å²) in [7, 11) is -3.24. The molecule has 0 unspecified atom stereocenters. The van der Waals surface area contributed by atoms with E-state index < -0.39 is 9.84 Å². The van der Waals surface area contributed by atoms with Crippen molar-refractivity contribution in [1.29, 1.82) is 0 Å². The van der Waals surface area contributed by atoms with Gasteiger partial charge in [-0.25, -0.2) is 8.42 Å². The highest BCUT2D eigenvalue weighted by Crippen LogP contribution is 2.39. The van der Waals surface area contributed by atoms with E-state index in [2.05, 4.69) is 10.3 Å². The Morgan fingerprint density at radius 3 is 2.88 bits per heavy atom. The van der Waals surface area contributed by atoms with Crippen LogP contribution >= 0.6 is 0 Å². The lowest BCUT2D eigenvalue weighted by Crippen LogP contribution is -2.02. The lowest BCUT2D eigenvalue weighted by molar-refractivity contribution is 0.299. The topological polar surface area (TPSA) is 105 Å². The number of nitrogens with zero attached hydrogens (tertiary/aromatic N) is 1. The van der Waals surface area contributed by atoms with Crippen LogP contribution in [-0.4, -0.2) is 30.9 Å². The van der Waals surface area contributed by atoms with Gasteiger partial charge in [-0.3, -0.25) is 4.98 Å². The maximum atomic E-state index is 12.3. The van der Waals surface area contributed by atoms with Crippen LogP contribution in [0.4, 0.5) is 17.1 Å². The molecule has 4 rings (SSSR count). The Morgan fingerprint density at radius 2 is 2.08 bits per heavy atom. The van der Waals surface area contributed by atoms with E-state index in [-0.39, 0.29) is 12.4 Å². The first-order chi connectivity index (χ1) is 12.5. The molecule has 0 spiro atoms. The number of nitrogens with one attached hydrogen (secondary N) is 1. The van der Waals surface area contributed by atoms with Crippen molar-refractivity contribution < 1.29 is 13.5 Å². The van der Waals surface area contributed by atoms with Crippen molar-refractivity contribution >= 4 is 37.8 Å². The molecule has 0 saturated heterocycles. The van der Waals surface area contributed by atoms with E-state index in [1.165, 1.54) is 0 Å². The number of aliphatic hydroxyl groups excluding tert-OH is 1. The highest BCUT2D eigenvalue weighted by atomic mass is 32.2. The molecule has 0 bridgehead atoms. The summed E-state index contributed by atoms with van der Waals surface area (Å²) in [6.45, 7) is 0.0785. The molecule has 2 aromatic carbocycles. The Hall–Kier alpha value is -2.64. The highest BCUT2D eigenvalue weighted by Gasteiger charge is 2.29. The molecular formula is C19H19N3O3S. The average Bonchev–Trinajstić information content (AvgIpc) is 2.93. The molecule has 6 nitrogen and oxygen atoms in total. The molecular weight excluding hydrogens is 350 g/mol. The predicted molar refractivity (Wildman–Crippen MR) is 102 cm³/mol. The van der Waals surface area contributed by atoms with Crippen LogP contribution in [0.5, 0.6) is 0 Å². The van der Waals surface area contributed by atoms with E-state index in [1.807, 2.05) is 24.3 Å². The summed E-state index contributed by atoms with van der Waals surface area (Å²) in [5, 5.41) is 13.2. The van der Waals surface area contributed by atoms with Crippen LogP contribution < -0.4 is 11.1 Å². The van der Waals surface area contributed by atoms with Crippen molar-refractivity contribution in [2.45, 2.75) is 17.7 Å². The third-order valence-electron chi connectivity index (χ3n) is 4.68. The van der Waals surface area contributed by atoms with E-state index in [9.17, 15) is 8.42 Å². The normalized spacial score (nSPS) is 15.1. The first-order valence-corrected chi connectivity index (χ1v) is 10.0. The number of hydrogen-bond acceptors (Lipinski definition) is 6. The van der Waals surface area contributed by atoms with Crippen molar-refractivity contribution in [3.8, 4) is 0 Å². The van der Waals surface area contributed by atoms with E-state index in [1.54, 1.807) is 18.3 Å². The van der Waals surface area contributed by atoms with Gasteiger partial charge >= 0.3 is 0 Å². The van der Waals surface area contributed by atoms with Crippen LogP contribution in [0.25, 0.3) is 10.9 Å². The van der Waals surface area contributed by atoms with Crippen LogP contribution in [0.15, 0.2) is 47.5 Å². The van der Waals surface area contributed by atoms with E-state index in [0.717, 1.165) is 22.2 Å². The van der Waals surface area contributed by atoms with E-state index in [4.69, 9.17) is 10.8 Å². The van der Waals surface area contributed by atoms with Crippen LogP contribution in [0.3, 0.4) is 0 Å². The Kier molecular flexibility index (Phi) is 4.05. The van der Waals surface area contributed by atoms with Gasteiger partial charge in [-0.2, -0.15) is 0 Å². The Balaban J connectivity index is 1.89. The lowest BCUT2D eigenvalue weighted by atomic mass is 10.0. The lowest BCUT2D eigenvalue weighted by Gasteiger charge is -2.15. The zero-order valence-electron chi connectivity index (χ0n) is 14.1. The Labute approximate surface area is 151 Å². The largest absolute Gasteiger partial charge is 0.396 e. The van der Waals surface area contributed by atoms with Gasteiger partial charge in [0.1, 0.15) is 0 Å². The first kappa shape index (κ1) is 16.8. The Morgan fingerprint density at radius 1 is 1.23 bits per heavy atom. The summed E-state index contributed by atoms with van der Waals surface area (Å²) in [4.78, 5) is 4.73. The van der Waals surface area contributed by atoms with E-state index in [0.29, 0.717) is 34.6 Å². The molecule has 0 radical (unpaired) electrons. The molecule has 1 aromatic heterocycles. The van der Waals surface area contributed by atoms with Crippen molar-refractivity contribution in [3.05, 3.63) is 53.7 Å². The number of benzene rings is 2. The second-order valence-corrected chi connectivity index (χ2v) is 8.47. The first-order valence-electron chi connectivity index (χ1n) is 8.39. The monoisotopic (exact) mass is 369 g/mol. The predicted octanol–water partition coefficient (Wildman–Crippen LogP) is 2.43. The molecule has 1 aliphatic rings. The zero-order chi connectivity index (χ0) is 18.3. The quantitative estimate of drug-likeness (QED) is 0.652. The van der Waals surface area contributed by atoms with Crippen LogP contribution in [-0.2, 0) is 22.7 Å². The molecule has 4 N–H and O–H groups in total. The fourth-order valence-corrected chi connectivity index (χ4v) is 5.00. The third-order valence-corrected chi connectivity index (χ3v) is 6.48. The molecule has 2 heterocycles. The van der Waals surface area contributed by atoms with Gasteiger partial charge in [-0.05, 0) is 48.2 Å². The molecule has 0 amide bonds. The van der Waals surface area contributed by atoms with Gasteiger partial charge < -0.3 is 16.2 Å². The summed E-state index contributed by atoms with van der Waals surface area (Å²) in [6, 6.07) is 11.1. The number of hydrogen-bond donors (Lipinski definition) is 3. The van der Waals surface area contributed by atoms with Crippen LogP contribution in [0.1, 0.15) is 11.1 Å². The second-order valence-electron chi connectivity index (χ2n) is 6.39. The zero-order valence-corrected chi connectivity index (χ0v) is 14.9. The van der Waals surface area contributed by atoms with Gasteiger partial charge in [0, 0.05) is 17.7 Å². The van der Waals surface area contributed by atoms with E-state index >= 15 is 0 Å². The summed E-state index contributed by atoms with van der Waals surface area (Å²) in [5.74, 6) is 0.113. The number of aliphatic hydroxyl groups is 1. The van der Waals surface area contributed by atoms with Crippen molar-refractivity contribution in [2.24, 2.45) is 0 Å². The smallest absolute Gasteiger partial charge is 0.179 e. The van der Waals surface area contributed by atoms with Crippen molar-refractivity contribution in [1.82, 2.24) is 4.98 Å². The minimum absolute atomic E-state index is 0.0785. The highest BCUT2D eigenvalue weighted by molar-refractivity contribution is 7.91. The number of aromatic nitrogens is 1. The number of aryl methyl sites for hydroxylation is 1. The summed E-state index contributed by atoms with van der Waals surface area (Å²) < 4.78 is 24.5. The van der Waals surface area contributed by atoms with Crippen LogP contribution in [0, 0.1) is 0 Å². The molecule has 26 heavy (non-hydrogen) atoms. The number of sulfone groups is 1. The molecule has 134 valence electrons. The van der Waals surface area contributed by atoms with Crippen molar-refractivity contribution in [2.75, 3.05) is 23.4 Å². The fourth-order valence-electron chi connectivity index (χ4n) is 3.45. The molecule has 1 aliphatic heterocycles. The molecule has 3 aromatic rings. The standard InChI is InChI=1S/C19H19N3O3S/c20-15-11-21-16-4-5-17-14(7-9-26(17,24)25)18(16)19(15)22-13-3-1-2-12(10-13)6-8-23/h1-5,10-11,23H,6-9,20H2,(H,21,22). The summed E-state index contributed by atoms with van der Waals surface area (Å²) in [5.41, 5.74) is 10.6.